The zero-order valence-corrected chi connectivity index (χ0v) is 9.01. The Morgan fingerprint density at radius 2 is 1.94 bits per heavy atom. The molecule has 0 aliphatic rings. The number of nitrogens with zero attached hydrogens (tertiary/aromatic N) is 4. The predicted molar refractivity (Wildman–Crippen MR) is 60.5 cm³/mol. The summed E-state index contributed by atoms with van der Waals surface area (Å²) in [5, 5.41) is 7.62. The lowest BCUT2D eigenvalue weighted by Crippen LogP contribution is -1.97. The Morgan fingerprint density at radius 1 is 1.11 bits per heavy atom. The molecule has 18 heavy (non-hydrogen) atoms. The van der Waals surface area contributed by atoms with E-state index in [1.165, 1.54) is 10.5 Å². The van der Waals surface area contributed by atoms with Gasteiger partial charge < -0.3 is 5.73 Å². The smallest absolute Gasteiger partial charge is 0.255 e. The topological polar surface area (TPSA) is 69.1 Å². The average Bonchev–Trinajstić information content (AvgIpc) is 2.78. The summed E-state index contributed by atoms with van der Waals surface area (Å²) in [6.45, 7) is 0. The van der Waals surface area contributed by atoms with Gasteiger partial charge in [-0.1, -0.05) is 0 Å². The van der Waals surface area contributed by atoms with Gasteiger partial charge in [-0.25, -0.2) is 13.8 Å². The summed E-state index contributed by atoms with van der Waals surface area (Å²) in [4.78, 5) is 3.96. The first kappa shape index (κ1) is 10.6. The largest absolute Gasteiger partial charge is 0.396 e. The van der Waals surface area contributed by atoms with Crippen LogP contribution in [0.2, 0.25) is 0 Å². The number of fused-ring (bicyclic) bond motifs is 1. The van der Waals surface area contributed by atoms with Gasteiger partial charge in [-0.05, 0) is 12.1 Å². The van der Waals surface area contributed by atoms with Gasteiger partial charge in [0.05, 0.1) is 11.3 Å². The van der Waals surface area contributed by atoms with E-state index >= 15 is 0 Å². The minimum Gasteiger partial charge on any atom is -0.396 e. The fraction of sp³-hybridized carbons (Fsp3) is 0. The molecule has 5 nitrogen and oxygen atoms in total. The highest BCUT2D eigenvalue weighted by Gasteiger charge is 2.15. The Kier molecular flexibility index (Phi) is 2.19. The number of rotatable bonds is 1. The fourth-order valence-corrected chi connectivity index (χ4v) is 1.66. The maximum absolute atomic E-state index is 13.7. The lowest BCUT2D eigenvalue weighted by atomic mass is 10.1. The van der Waals surface area contributed by atoms with Gasteiger partial charge in [0, 0.05) is 18.5 Å². The maximum Gasteiger partial charge on any atom is 0.255 e. The summed E-state index contributed by atoms with van der Waals surface area (Å²) in [6, 6.07) is 3.57. The summed E-state index contributed by atoms with van der Waals surface area (Å²) < 4.78 is 28.3. The molecule has 0 aliphatic heterocycles. The molecule has 0 unspecified atom stereocenters. The molecule has 0 saturated heterocycles. The Bertz CT molecular complexity index is 737. The SMILES string of the molecule is Nc1cc(-c2nnc3ncccn23)c(F)cc1F. The second-order valence-corrected chi connectivity index (χ2v) is 3.67. The number of hydrogen-bond donors (Lipinski definition) is 1. The Labute approximate surface area is 99.9 Å². The van der Waals surface area contributed by atoms with Crippen LogP contribution in [0, 0.1) is 11.6 Å². The minimum atomic E-state index is -0.803. The highest BCUT2D eigenvalue weighted by Crippen LogP contribution is 2.25. The molecular weight excluding hydrogens is 240 g/mol. The Balaban J connectivity index is 2.29. The van der Waals surface area contributed by atoms with Gasteiger partial charge in [-0.15, -0.1) is 10.2 Å². The van der Waals surface area contributed by atoms with Crippen LogP contribution in [0.5, 0.6) is 0 Å². The molecule has 1 aromatic carbocycles. The van der Waals surface area contributed by atoms with Crippen molar-refractivity contribution in [2.24, 2.45) is 0 Å². The molecule has 3 rings (SSSR count). The van der Waals surface area contributed by atoms with E-state index < -0.39 is 11.6 Å². The molecule has 90 valence electrons. The zero-order valence-electron chi connectivity index (χ0n) is 9.01. The van der Waals surface area contributed by atoms with Crippen molar-refractivity contribution in [3.63, 3.8) is 0 Å². The maximum atomic E-state index is 13.7. The summed E-state index contributed by atoms with van der Waals surface area (Å²) in [7, 11) is 0. The van der Waals surface area contributed by atoms with Crippen molar-refractivity contribution in [1.82, 2.24) is 19.6 Å². The van der Waals surface area contributed by atoms with E-state index in [1.807, 2.05) is 0 Å². The fourth-order valence-electron chi connectivity index (χ4n) is 1.66. The van der Waals surface area contributed by atoms with Gasteiger partial charge in [0.2, 0.25) is 0 Å². The first-order valence-corrected chi connectivity index (χ1v) is 5.07. The number of nitrogens with two attached hydrogens (primary N) is 1. The third-order valence-corrected chi connectivity index (χ3v) is 2.52. The summed E-state index contributed by atoms with van der Waals surface area (Å²) in [5.74, 6) is -1.000. The molecule has 0 radical (unpaired) electrons. The monoisotopic (exact) mass is 247 g/mol. The number of anilines is 1. The molecule has 2 aromatic heterocycles. The van der Waals surface area contributed by atoms with E-state index in [0.717, 1.165) is 6.07 Å². The van der Waals surface area contributed by atoms with Crippen LogP contribution in [0.25, 0.3) is 17.2 Å². The number of benzene rings is 1. The van der Waals surface area contributed by atoms with E-state index in [-0.39, 0.29) is 17.1 Å². The van der Waals surface area contributed by atoms with Crippen molar-refractivity contribution in [3.8, 4) is 11.4 Å². The highest BCUT2D eigenvalue weighted by molar-refractivity contribution is 5.64. The van der Waals surface area contributed by atoms with Crippen LogP contribution in [0.3, 0.4) is 0 Å². The van der Waals surface area contributed by atoms with Crippen LogP contribution in [0.4, 0.5) is 14.5 Å². The van der Waals surface area contributed by atoms with Crippen molar-refractivity contribution < 1.29 is 8.78 Å². The molecular formula is C11H7F2N5. The van der Waals surface area contributed by atoms with Crippen LogP contribution in [-0.2, 0) is 0 Å². The molecule has 0 atom stereocenters. The van der Waals surface area contributed by atoms with Crippen LogP contribution in [-0.4, -0.2) is 19.6 Å². The van der Waals surface area contributed by atoms with Crippen molar-refractivity contribution in [2.75, 3.05) is 5.73 Å². The molecule has 3 aromatic rings. The zero-order chi connectivity index (χ0) is 12.7. The van der Waals surface area contributed by atoms with Crippen molar-refractivity contribution in [3.05, 3.63) is 42.2 Å². The van der Waals surface area contributed by atoms with Gasteiger partial charge in [-0.2, -0.15) is 0 Å². The Morgan fingerprint density at radius 3 is 2.78 bits per heavy atom. The molecule has 0 fully saturated rings. The van der Waals surface area contributed by atoms with Crippen molar-refractivity contribution in [1.29, 1.82) is 0 Å². The quantitative estimate of drug-likeness (QED) is 0.664. The first-order chi connectivity index (χ1) is 8.66. The number of halogens is 2. The van der Waals surface area contributed by atoms with Crippen LogP contribution >= 0.6 is 0 Å². The van der Waals surface area contributed by atoms with Crippen molar-refractivity contribution in [2.45, 2.75) is 0 Å². The standard InChI is InChI=1S/C11H7F2N5/c12-7-5-8(13)9(14)4-6(7)10-16-17-11-15-2-1-3-18(10)11/h1-5H,14H2. The Hall–Kier alpha value is -2.57. The predicted octanol–water partition coefficient (Wildman–Crippen LogP) is 1.65. The third kappa shape index (κ3) is 1.48. The van der Waals surface area contributed by atoms with Gasteiger partial charge in [0.15, 0.2) is 5.82 Å². The lowest BCUT2D eigenvalue weighted by Gasteiger charge is -2.03. The van der Waals surface area contributed by atoms with E-state index in [1.54, 1.807) is 18.5 Å². The molecule has 2 N–H and O–H groups in total. The van der Waals surface area contributed by atoms with Gasteiger partial charge in [0.1, 0.15) is 11.6 Å². The van der Waals surface area contributed by atoms with E-state index in [2.05, 4.69) is 15.2 Å². The second kappa shape index (κ2) is 3.73. The van der Waals surface area contributed by atoms with E-state index in [4.69, 9.17) is 5.73 Å². The molecule has 0 aliphatic carbocycles. The van der Waals surface area contributed by atoms with Gasteiger partial charge in [-0.3, -0.25) is 4.40 Å². The number of nitrogen functional groups attached to an aromatic ring is 1. The molecule has 2 heterocycles. The molecule has 0 bridgehead atoms. The normalized spacial score (nSPS) is 11.0. The summed E-state index contributed by atoms with van der Waals surface area (Å²) in [5.41, 5.74) is 5.36. The number of hydrogen-bond acceptors (Lipinski definition) is 4. The van der Waals surface area contributed by atoms with Gasteiger partial charge in [0.25, 0.3) is 5.78 Å². The van der Waals surface area contributed by atoms with Crippen LogP contribution < -0.4 is 5.73 Å². The molecule has 7 heteroatoms. The van der Waals surface area contributed by atoms with Crippen molar-refractivity contribution >= 4 is 11.5 Å². The second-order valence-electron chi connectivity index (χ2n) is 3.67. The minimum absolute atomic E-state index is 0.0781. The molecule has 0 spiro atoms. The summed E-state index contributed by atoms with van der Waals surface area (Å²) in [6.07, 6.45) is 3.18. The third-order valence-electron chi connectivity index (χ3n) is 2.52. The highest BCUT2D eigenvalue weighted by atomic mass is 19.1. The lowest BCUT2D eigenvalue weighted by molar-refractivity contribution is 0.587. The molecule has 0 saturated carbocycles. The van der Waals surface area contributed by atoms with Crippen LogP contribution in [0.1, 0.15) is 0 Å². The number of aromatic nitrogens is 4. The molecule has 0 amide bonds. The van der Waals surface area contributed by atoms with Gasteiger partial charge >= 0.3 is 0 Å². The summed E-state index contributed by atoms with van der Waals surface area (Å²) >= 11 is 0. The first-order valence-electron chi connectivity index (χ1n) is 5.07. The van der Waals surface area contributed by atoms with E-state index in [0.29, 0.717) is 5.78 Å². The average molecular weight is 247 g/mol. The van der Waals surface area contributed by atoms with E-state index in [9.17, 15) is 8.78 Å². The van der Waals surface area contributed by atoms with Crippen LogP contribution in [0.15, 0.2) is 30.6 Å².